The van der Waals surface area contributed by atoms with Crippen LogP contribution >= 0.6 is 11.6 Å². The number of nitrogens with zero attached hydrogens (tertiary/aromatic N) is 5. The summed E-state index contributed by atoms with van der Waals surface area (Å²) in [4.78, 5) is 16.9. The van der Waals surface area contributed by atoms with Crippen LogP contribution in [0.3, 0.4) is 0 Å². The highest BCUT2D eigenvalue weighted by molar-refractivity contribution is 6.28. The monoisotopic (exact) mass is 501 g/mol. The maximum absolute atomic E-state index is 6.45. The molecule has 6 rings (SSSR count). The maximum Gasteiger partial charge on any atom is 0.225 e. The molecular weight excluding hydrogens is 470 g/mol. The minimum absolute atomic E-state index is 0.0884. The molecule has 0 spiro atoms. The number of morpholine rings is 1. The van der Waals surface area contributed by atoms with Crippen molar-refractivity contribution >= 4 is 28.7 Å². The van der Waals surface area contributed by atoms with Crippen molar-refractivity contribution in [1.29, 1.82) is 0 Å². The smallest absolute Gasteiger partial charge is 0.225 e. The highest BCUT2D eigenvalue weighted by Gasteiger charge is 2.32. The molecule has 186 valence electrons. The van der Waals surface area contributed by atoms with Crippen molar-refractivity contribution in [2.45, 2.75) is 45.2 Å². The third-order valence-corrected chi connectivity index (χ3v) is 7.92. The van der Waals surface area contributed by atoms with E-state index in [-0.39, 0.29) is 11.3 Å². The predicted molar refractivity (Wildman–Crippen MR) is 144 cm³/mol. The average Bonchev–Trinajstić information content (AvgIpc) is 3.28. The van der Waals surface area contributed by atoms with Gasteiger partial charge in [0.25, 0.3) is 0 Å². The molecule has 2 aliphatic rings. The van der Waals surface area contributed by atoms with E-state index in [0.29, 0.717) is 24.8 Å². The molecule has 3 heterocycles. The summed E-state index contributed by atoms with van der Waals surface area (Å²) >= 11 is 6.45. The first-order chi connectivity index (χ1) is 17.7. The fourth-order valence-electron chi connectivity index (χ4n) is 5.75. The Labute approximate surface area is 217 Å². The van der Waals surface area contributed by atoms with E-state index in [1.807, 2.05) is 18.2 Å². The van der Waals surface area contributed by atoms with Gasteiger partial charge in [-0.25, -0.2) is 4.98 Å². The Kier molecular flexibility index (Phi) is 6.63. The zero-order valence-corrected chi connectivity index (χ0v) is 21.4. The Bertz CT molecular complexity index is 1320. The van der Waals surface area contributed by atoms with Gasteiger partial charge in [0.05, 0.1) is 19.3 Å². The molecule has 0 radical (unpaired) electrons. The summed E-state index contributed by atoms with van der Waals surface area (Å²) in [6, 6.07) is 20.9. The first-order valence-corrected chi connectivity index (χ1v) is 13.4. The number of halogens is 1. The molecule has 0 N–H and O–H groups in total. The van der Waals surface area contributed by atoms with E-state index in [2.05, 4.69) is 63.8 Å². The van der Waals surface area contributed by atoms with Crippen LogP contribution in [-0.2, 0) is 11.3 Å². The third kappa shape index (κ3) is 4.60. The standard InChI is InChI=1S/C29H32ClN5O/c1-20-12-14-21(15-13-20)18-35-26-25(23-10-6-3-7-11-23)31-28(30)32-27(26)33-29(35)34-16-17-36-19-24(34)22-8-4-2-5-9-22/h2-11,20-21,24H,12-19H2,1H3. The zero-order valence-electron chi connectivity index (χ0n) is 20.7. The molecule has 7 heteroatoms. The number of ether oxygens (including phenoxy) is 1. The number of rotatable bonds is 5. The van der Waals surface area contributed by atoms with Gasteiger partial charge in [-0.1, -0.05) is 80.4 Å². The van der Waals surface area contributed by atoms with Crippen molar-refractivity contribution in [3.05, 3.63) is 71.5 Å². The van der Waals surface area contributed by atoms with E-state index in [0.717, 1.165) is 41.7 Å². The van der Waals surface area contributed by atoms with Crippen molar-refractivity contribution in [1.82, 2.24) is 19.5 Å². The van der Waals surface area contributed by atoms with Crippen LogP contribution in [0, 0.1) is 11.8 Å². The normalized spacial score (nSPS) is 22.7. The largest absolute Gasteiger partial charge is 0.377 e. The van der Waals surface area contributed by atoms with Gasteiger partial charge < -0.3 is 14.2 Å². The predicted octanol–water partition coefficient (Wildman–Crippen LogP) is 6.55. The highest BCUT2D eigenvalue weighted by Crippen LogP contribution is 2.38. The van der Waals surface area contributed by atoms with Crippen LogP contribution in [-0.4, -0.2) is 39.3 Å². The summed E-state index contributed by atoms with van der Waals surface area (Å²) in [5.74, 6) is 2.35. The van der Waals surface area contributed by atoms with Crippen LogP contribution in [0.4, 0.5) is 5.95 Å². The Morgan fingerprint density at radius 2 is 1.64 bits per heavy atom. The van der Waals surface area contributed by atoms with Gasteiger partial charge in [-0.05, 0) is 41.8 Å². The van der Waals surface area contributed by atoms with Crippen LogP contribution in [0.5, 0.6) is 0 Å². The number of hydrogen-bond acceptors (Lipinski definition) is 5. The Hall–Kier alpha value is -2.96. The lowest BCUT2D eigenvalue weighted by molar-refractivity contribution is 0.0927. The number of aromatic nitrogens is 4. The lowest BCUT2D eigenvalue weighted by Gasteiger charge is -2.37. The number of hydrogen-bond donors (Lipinski definition) is 0. The molecule has 1 atom stereocenters. The van der Waals surface area contributed by atoms with Gasteiger partial charge in [-0.3, -0.25) is 0 Å². The summed E-state index contributed by atoms with van der Waals surface area (Å²) < 4.78 is 8.33. The molecule has 36 heavy (non-hydrogen) atoms. The average molecular weight is 502 g/mol. The summed E-state index contributed by atoms with van der Waals surface area (Å²) in [5.41, 5.74) is 4.73. The van der Waals surface area contributed by atoms with Crippen molar-refractivity contribution in [2.24, 2.45) is 11.8 Å². The summed E-state index contributed by atoms with van der Waals surface area (Å²) in [5, 5.41) is 0.227. The molecule has 1 saturated heterocycles. The van der Waals surface area contributed by atoms with E-state index >= 15 is 0 Å². The summed E-state index contributed by atoms with van der Waals surface area (Å²) in [7, 11) is 0. The summed E-state index contributed by atoms with van der Waals surface area (Å²) in [6.07, 6.45) is 5.04. The van der Waals surface area contributed by atoms with Crippen molar-refractivity contribution in [2.75, 3.05) is 24.7 Å². The molecule has 2 fully saturated rings. The highest BCUT2D eigenvalue weighted by atomic mass is 35.5. The van der Waals surface area contributed by atoms with E-state index in [1.54, 1.807) is 0 Å². The molecule has 2 aromatic heterocycles. The molecule has 1 unspecified atom stereocenters. The second kappa shape index (κ2) is 10.2. The van der Waals surface area contributed by atoms with Gasteiger partial charge in [0.2, 0.25) is 11.2 Å². The van der Waals surface area contributed by atoms with E-state index in [9.17, 15) is 0 Å². The maximum atomic E-state index is 6.45. The third-order valence-electron chi connectivity index (χ3n) is 7.75. The van der Waals surface area contributed by atoms with Crippen molar-refractivity contribution in [3.63, 3.8) is 0 Å². The number of fused-ring (bicyclic) bond motifs is 1. The zero-order chi connectivity index (χ0) is 24.5. The molecule has 6 nitrogen and oxygen atoms in total. The second-order valence-corrected chi connectivity index (χ2v) is 10.6. The Morgan fingerprint density at radius 3 is 2.39 bits per heavy atom. The van der Waals surface area contributed by atoms with Gasteiger partial charge in [-0.2, -0.15) is 9.97 Å². The van der Waals surface area contributed by atoms with Crippen molar-refractivity contribution in [3.8, 4) is 11.3 Å². The van der Waals surface area contributed by atoms with Crippen LogP contribution in [0.1, 0.15) is 44.2 Å². The van der Waals surface area contributed by atoms with Gasteiger partial charge in [0.1, 0.15) is 11.2 Å². The lowest BCUT2D eigenvalue weighted by Crippen LogP contribution is -2.41. The molecule has 1 aliphatic heterocycles. The van der Waals surface area contributed by atoms with Gasteiger partial charge in [0.15, 0.2) is 5.65 Å². The summed E-state index contributed by atoms with van der Waals surface area (Å²) in [6.45, 7) is 5.35. The molecule has 4 aromatic rings. The van der Waals surface area contributed by atoms with Crippen molar-refractivity contribution < 1.29 is 4.74 Å². The van der Waals surface area contributed by atoms with Crippen LogP contribution in [0.2, 0.25) is 5.28 Å². The fourth-order valence-corrected chi connectivity index (χ4v) is 5.92. The van der Waals surface area contributed by atoms with Crippen LogP contribution in [0.15, 0.2) is 60.7 Å². The van der Waals surface area contributed by atoms with Crippen LogP contribution in [0.25, 0.3) is 22.4 Å². The van der Waals surface area contributed by atoms with E-state index in [1.165, 1.54) is 31.2 Å². The molecule has 2 aromatic carbocycles. The first-order valence-electron chi connectivity index (χ1n) is 13.1. The Balaban J connectivity index is 1.52. The minimum atomic E-state index is 0.0884. The van der Waals surface area contributed by atoms with Gasteiger partial charge >= 0.3 is 0 Å². The number of benzene rings is 2. The van der Waals surface area contributed by atoms with Gasteiger partial charge in [-0.15, -0.1) is 0 Å². The second-order valence-electron chi connectivity index (χ2n) is 10.2. The SMILES string of the molecule is CC1CCC(Cn2c(N3CCOCC3c3ccccc3)nc3nc(Cl)nc(-c4ccccc4)c32)CC1. The first kappa shape index (κ1) is 23.4. The lowest BCUT2D eigenvalue weighted by atomic mass is 9.83. The molecule has 1 aliphatic carbocycles. The molecule has 0 amide bonds. The quantitative estimate of drug-likeness (QED) is 0.290. The molecular formula is C29H32ClN5O. The van der Waals surface area contributed by atoms with Gasteiger partial charge in [0, 0.05) is 18.7 Å². The minimum Gasteiger partial charge on any atom is -0.377 e. The van der Waals surface area contributed by atoms with Crippen LogP contribution < -0.4 is 4.90 Å². The molecule has 0 bridgehead atoms. The molecule has 1 saturated carbocycles. The number of anilines is 1. The Morgan fingerprint density at radius 1 is 0.917 bits per heavy atom. The van der Waals surface area contributed by atoms with E-state index < -0.39 is 0 Å². The fraction of sp³-hybridized carbons (Fsp3) is 0.414. The number of imidazole rings is 1. The van der Waals surface area contributed by atoms with E-state index in [4.69, 9.17) is 26.3 Å². The topological polar surface area (TPSA) is 56.1 Å².